The lowest BCUT2D eigenvalue weighted by Crippen LogP contribution is -2.29. The number of nitrogens with zero attached hydrogens (tertiary/aromatic N) is 2. The van der Waals surface area contributed by atoms with Gasteiger partial charge in [0, 0.05) is 12.2 Å². The number of carboxylic acid groups (broad SMARTS) is 1. The Morgan fingerprint density at radius 2 is 1.75 bits per heavy atom. The molecule has 1 saturated heterocycles. The monoisotopic (exact) mass is 475 g/mol. The van der Waals surface area contributed by atoms with Crippen LogP contribution in [0.1, 0.15) is 90.2 Å². The van der Waals surface area contributed by atoms with Crippen LogP contribution in [0.2, 0.25) is 0 Å². The summed E-state index contributed by atoms with van der Waals surface area (Å²) in [5, 5.41) is 17.3. The van der Waals surface area contributed by atoms with Gasteiger partial charge in [0.25, 0.3) is 0 Å². The van der Waals surface area contributed by atoms with Crippen molar-refractivity contribution in [3.8, 4) is 0 Å². The predicted molar refractivity (Wildman–Crippen MR) is 125 cm³/mol. The summed E-state index contributed by atoms with van der Waals surface area (Å²) in [4.78, 5) is 25.0. The first kappa shape index (κ1) is 28.4. The fourth-order valence-electron chi connectivity index (χ4n) is 3.29. The maximum Gasteiger partial charge on any atom is 0.351 e. The molecule has 8 nitrogen and oxygen atoms in total. The van der Waals surface area contributed by atoms with Crippen LogP contribution in [-0.2, 0) is 9.53 Å². The van der Waals surface area contributed by atoms with Crippen LogP contribution in [0.25, 0.3) is 0 Å². The number of aliphatic hydroxyl groups is 1. The Kier molecular flexibility index (Phi) is 15.0. The highest BCUT2D eigenvalue weighted by Gasteiger charge is 2.28. The Morgan fingerprint density at radius 3 is 2.25 bits per heavy atom. The van der Waals surface area contributed by atoms with Crippen LogP contribution in [0.3, 0.4) is 0 Å². The molecule has 2 rings (SSSR count). The number of rotatable bonds is 14. The van der Waals surface area contributed by atoms with E-state index in [0.717, 1.165) is 23.6 Å². The van der Waals surface area contributed by atoms with Crippen molar-refractivity contribution in [1.82, 2.24) is 9.55 Å². The van der Waals surface area contributed by atoms with Gasteiger partial charge in [0.05, 0.1) is 12.8 Å². The summed E-state index contributed by atoms with van der Waals surface area (Å²) in [6.45, 7) is 2.10. The maximum absolute atomic E-state index is 13.1. The summed E-state index contributed by atoms with van der Waals surface area (Å²) < 4.78 is 19.5. The average Bonchev–Trinajstić information content (AvgIpc) is 3.24. The third-order valence-electron chi connectivity index (χ3n) is 5.12. The number of halogens is 1. The van der Waals surface area contributed by atoms with Crippen molar-refractivity contribution in [3.63, 3.8) is 0 Å². The van der Waals surface area contributed by atoms with Crippen LogP contribution in [0.15, 0.2) is 11.0 Å². The summed E-state index contributed by atoms with van der Waals surface area (Å²) >= 11 is 1.35. The third-order valence-corrected chi connectivity index (χ3v) is 6.23. The van der Waals surface area contributed by atoms with Crippen LogP contribution in [0, 0.1) is 5.82 Å². The Morgan fingerprint density at radius 1 is 1.19 bits per heavy atom. The van der Waals surface area contributed by atoms with Gasteiger partial charge in [0.15, 0.2) is 11.6 Å². The van der Waals surface area contributed by atoms with Gasteiger partial charge in [-0.05, 0) is 6.42 Å². The number of thioether (sulfide) groups is 1. The number of nitrogens with two attached hydrogens (primary N) is 1. The van der Waals surface area contributed by atoms with Crippen molar-refractivity contribution in [2.24, 2.45) is 0 Å². The number of unbranched alkanes of at least 4 members (excludes halogenated alkanes) is 10. The fraction of sp³-hybridized carbons (Fsp3) is 0.773. The van der Waals surface area contributed by atoms with Gasteiger partial charge < -0.3 is 20.7 Å². The zero-order valence-electron chi connectivity index (χ0n) is 19.0. The molecule has 1 aromatic rings. The van der Waals surface area contributed by atoms with Gasteiger partial charge in [-0.3, -0.25) is 9.36 Å². The maximum atomic E-state index is 13.1. The van der Waals surface area contributed by atoms with Crippen LogP contribution >= 0.6 is 11.8 Å². The Hall–Kier alpha value is -1.65. The SMILES string of the molecule is CCCCCCCCCCCCCC(=O)O.Nc1nc(=O)n([C@@H]2CS[C@H](CO)O2)cc1F. The second kappa shape index (κ2) is 16.9. The molecule has 2 heterocycles. The van der Waals surface area contributed by atoms with E-state index in [4.69, 9.17) is 20.7 Å². The Balaban J connectivity index is 0.000000320. The molecule has 0 aliphatic carbocycles. The zero-order chi connectivity index (χ0) is 23.8. The highest BCUT2D eigenvalue weighted by Crippen LogP contribution is 2.30. The number of nitrogen functional groups attached to an aromatic ring is 1. The summed E-state index contributed by atoms with van der Waals surface area (Å²) in [6.07, 6.45) is 14.7. The minimum atomic E-state index is -0.763. The van der Waals surface area contributed by atoms with E-state index >= 15 is 0 Å². The largest absolute Gasteiger partial charge is 0.481 e. The summed E-state index contributed by atoms with van der Waals surface area (Å²) in [5.74, 6) is -1.39. The molecule has 1 fully saturated rings. The van der Waals surface area contributed by atoms with E-state index in [1.54, 1.807) is 0 Å². The van der Waals surface area contributed by atoms with E-state index in [9.17, 15) is 14.0 Å². The molecule has 2 atom stereocenters. The normalized spacial score (nSPS) is 17.7. The van der Waals surface area contributed by atoms with Crippen molar-refractivity contribution in [3.05, 3.63) is 22.5 Å². The van der Waals surface area contributed by atoms with Gasteiger partial charge in [-0.2, -0.15) is 4.98 Å². The molecule has 0 bridgehead atoms. The second-order valence-electron chi connectivity index (χ2n) is 7.88. The number of anilines is 1. The van der Waals surface area contributed by atoms with Crippen LogP contribution in [0.5, 0.6) is 0 Å². The third kappa shape index (κ3) is 11.8. The number of aliphatic hydroxyl groups excluding tert-OH is 1. The minimum absolute atomic E-state index is 0.152. The van der Waals surface area contributed by atoms with Gasteiger partial charge in [-0.25, -0.2) is 9.18 Å². The smallest absolute Gasteiger partial charge is 0.351 e. The number of aliphatic carboxylic acids is 1. The number of hydrogen-bond acceptors (Lipinski definition) is 7. The molecule has 32 heavy (non-hydrogen) atoms. The van der Waals surface area contributed by atoms with Gasteiger partial charge in [-0.15, -0.1) is 11.8 Å². The zero-order valence-corrected chi connectivity index (χ0v) is 19.8. The van der Waals surface area contributed by atoms with E-state index in [0.29, 0.717) is 12.2 Å². The van der Waals surface area contributed by atoms with Crippen molar-refractivity contribution in [2.45, 2.75) is 95.6 Å². The van der Waals surface area contributed by atoms with E-state index in [1.807, 2.05) is 0 Å². The van der Waals surface area contributed by atoms with E-state index in [-0.39, 0.29) is 6.61 Å². The molecule has 1 aromatic heterocycles. The number of ether oxygens (including phenoxy) is 1. The standard InChI is InChI=1S/C14H28O2.C8H10FN3O3S/c1-2-3-4-5-6-7-8-9-10-11-12-13-14(15)16;9-4-1-12(8(14)11-7(4)10)5-3-16-6(2-13)15-5/h2-13H2,1H3,(H,15,16);1,5-6,13H,2-3H2,(H2,10,11,14)/t;5-,6+/m.0/s1. The van der Waals surface area contributed by atoms with E-state index in [1.165, 1.54) is 69.5 Å². The van der Waals surface area contributed by atoms with Crippen molar-refractivity contribution >= 4 is 23.5 Å². The van der Waals surface area contributed by atoms with Gasteiger partial charge >= 0.3 is 11.7 Å². The Bertz CT molecular complexity index is 719. The molecular formula is C22H38FN3O5S. The first-order chi connectivity index (χ1) is 15.4. The van der Waals surface area contributed by atoms with E-state index < -0.39 is 35.0 Å². The topological polar surface area (TPSA) is 128 Å². The van der Waals surface area contributed by atoms with Crippen molar-refractivity contribution < 1.29 is 24.1 Å². The molecule has 4 N–H and O–H groups in total. The molecule has 0 spiro atoms. The molecule has 1 aliphatic heterocycles. The molecule has 0 aromatic carbocycles. The van der Waals surface area contributed by atoms with Crippen LogP contribution in [-0.4, -0.2) is 43.5 Å². The minimum Gasteiger partial charge on any atom is -0.481 e. The molecule has 0 amide bonds. The highest BCUT2D eigenvalue weighted by atomic mass is 32.2. The van der Waals surface area contributed by atoms with E-state index in [2.05, 4.69) is 11.9 Å². The van der Waals surface area contributed by atoms with Crippen LogP contribution in [0.4, 0.5) is 10.2 Å². The molecule has 1 aliphatic rings. The lowest BCUT2D eigenvalue weighted by atomic mass is 10.1. The Labute approximate surface area is 193 Å². The molecule has 0 unspecified atom stereocenters. The van der Waals surface area contributed by atoms with Gasteiger partial charge in [0.1, 0.15) is 11.7 Å². The first-order valence-electron chi connectivity index (χ1n) is 11.5. The van der Waals surface area contributed by atoms with Crippen molar-refractivity contribution in [1.29, 1.82) is 0 Å². The average molecular weight is 476 g/mol. The number of carboxylic acids is 1. The van der Waals surface area contributed by atoms with Crippen molar-refractivity contribution in [2.75, 3.05) is 18.1 Å². The molecule has 0 radical (unpaired) electrons. The highest BCUT2D eigenvalue weighted by molar-refractivity contribution is 8.00. The number of hydrogen-bond donors (Lipinski definition) is 3. The summed E-state index contributed by atoms with van der Waals surface area (Å²) in [7, 11) is 0. The van der Waals surface area contributed by atoms with Gasteiger partial charge in [0.2, 0.25) is 0 Å². The van der Waals surface area contributed by atoms with Crippen LogP contribution < -0.4 is 11.4 Å². The lowest BCUT2D eigenvalue weighted by molar-refractivity contribution is -0.137. The molecule has 10 heteroatoms. The quantitative estimate of drug-likeness (QED) is 0.340. The summed E-state index contributed by atoms with van der Waals surface area (Å²) in [6, 6.07) is 0. The fourth-order valence-corrected chi connectivity index (χ4v) is 4.22. The molecule has 0 saturated carbocycles. The lowest BCUT2D eigenvalue weighted by Gasteiger charge is -2.13. The summed E-state index contributed by atoms with van der Waals surface area (Å²) in [5.41, 5.74) is 4.10. The second-order valence-corrected chi connectivity index (χ2v) is 9.07. The molecular weight excluding hydrogens is 437 g/mol. The number of aromatic nitrogens is 2. The number of carbonyl (C=O) groups is 1. The molecule has 184 valence electrons. The van der Waals surface area contributed by atoms with Gasteiger partial charge in [-0.1, -0.05) is 71.1 Å². The predicted octanol–water partition coefficient (Wildman–Crippen LogP) is 4.32. The first-order valence-corrected chi connectivity index (χ1v) is 12.6.